The Labute approximate surface area is 128 Å². The highest BCUT2D eigenvalue weighted by Crippen LogP contribution is 2.27. The number of amides is 3. The Hall–Kier alpha value is -2.63. The van der Waals surface area contributed by atoms with E-state index in [1.807, 2.05) is 23.8 Å². The van der Waals surface area contributed by atoms with Gasteiger partial charge in [-0.3, -0.25) is 15.0 Å². The number of carbonyl (C=O) groups excluding carboxylic acids is 2. The minimum absolute atomic E-state index is 0.238. The van der Waals surface area contributed by atoms with Gasteiger partial charge in [0.05, 0.1) is 11.9 Å². The van der Waals surface area contributed by atoms with Gasteiger partial charge in [-0.1, -0.05) is 13.5 Å². The Kier molecular flexibility index (Phi) is 3.44. The molecule has 0 spiro atoms. The number of fused-ring (bicyclic) bond motifs is 1. The van der Waals surface area contributed by atoms with Gasteiger partial charge in [-0.15, -0.1) is 0 Å². The average Bonchev–Trinajstić information content (AvgIpc) is 2.85. The quantitative estimate of drug-likeness (QED) is 0.947. The largest absolute Gasteiger partial charge is 0.328 e. The predicted octanol–water partition coefficient (Wildman–Crippen LogP) is 2.54. The number of pyridine rings is 1. The fourth-order valence-electron chi connectivity index (χ4n) is 2.69. The van der Waals surface area contributed by atoms with Gasteiger partial charge in [0.1, 0.15) is 5.65 Å². The number of rotatable bonds is 3. The average molecular weight is 298 g/mol. The van der Waals surface area contributed by atoms with E-state index in [2.05, 4.69) is 23.8 Å². The molecule has 2 aromatic rings. The lowest BCUT2D eigenvalue weighted by atomic mass is 10.1. The summed E-state index contributed by atoms with van der Waals surface area (Å²) in [6.45, 7) is 8.35. The monoisotopic (exact) mass is 298 g/mol. The number of imide groups is 1. The summed E-state index contributed by atoms with van der Waals surface area (Å²) in [6, 6.07) is 1.56. The number of aromatic nitrogens is 2. The number of anilines is 1. The van der Waals surface area contributed by atoms with Crippen molar-refractivity contribution in [2.24, 2.45) is 0 Å². The zero-order chi connectivity index (χ0) is 15.9. The molecule has 0 atom stereocenters. The zero-order valence-electron chi connectivity index (χ0n) is 12.7. The van der Waals surface area contributed by atoms with Gasteiger partial charge in [0.15, 0.2) is 0 Å². The molecule has 0 saturated carbocycles. The van der Waals surface area contributed by atoms with Crippen LogP contribution in [0.25, 0.3) is 16.7 Å². The van der Waals surface area contributed by atoms with Crippen LogP contribution in [-0.4, -0.2) is 28.0 Å². The normalized spacial score (nSPS) is 15.3. The molecule has 0 unspecified atom stereocenters. The van der Waals surface area contributed by atoms with Gasteiger partial charge < -0.3 is 4.57 Å². The van der Waals surface area contributed by atoms with E-state index >= 15 is 0 Å². The fourth-order valence-corrected chi connectivity index (χ4v) is 2.69. The molecule has 0 aliphatic carbocycles. The first kappa shape index (κ1) is 14.3. The minimum Gasteiger partial charge on any atom is -0.306 e. The molecule has 3 heterocycles. The van der Waals surface area contributed by atoms with Crippen LogP contribution >= 0.6 is 0 Å². The Balaban J connectivity index is 2.08. The van der Waals surface area contributed by atoms with Gasteiger partial charge >= 0.3 is 6.03 Å². The molecule has 114 valence electrons. The van der Waals surface area contributed by atoms with Gasteiger partial charge in [0.25, 0.3) is 0 Å². The highest BCUT2D eigenvalue weighted by atomic mass is 16.2. The number of carbonyl (C=O) groups is 2. The van der Waals surface area contributed by atoms with Crippen molar-refractivity contribution in [3.63, 3.8) is 0 Å². The maximum atomic E-state index is 12.0. The second-order valence-electron chi connectivity index (χ2n) is 5.43. The molecular formula is C16H18N4O2. The van der Waals surface area contributed by atoms with Crippen LogP contribution in [-0.2, 0) is 11.2 Å². The van der Waals surface area contributed by atoms with Crippen molar-refractivity contribution < 1.29 is 9.59 Å². The number of hydrogen-bond donors (Lipinski definition) is 1. The van der Waals surface area contributed by atoms with Crippen LogP contribution in [0.2, 0.25) is 0 Å². The van der Waals surface area contributed by atoms with Crippen LogP contribution in [0.15, 0.2) is 25.0 Å². The molecule has 1 fully saturated rings. The number of nitrogens with zero attached hydrogens (tertiary/aromatic N) is 3. The summed E-state index contributed by atoms with van der Waals surface area (Å²) in [7, 11) is 0. The van der Waals surface area contributed by atoms with Crippen molar-refractivity contribution in [3.8, 4) is 0 Å². The first-order chi connectivity index (χ1) is 10.5. The third kappa shape index (κ3) is 2.26. The number of aryl methyl sites for hydroxylation is 1. The summed E-state index contributed by atoms with van der Waals surface area (Å²) in [5.74, 6) is -0.238. The molecule has 6 heteroatoms. The molecule has 3 rings (SSSR count). The Morgan fingerprint density at radius 1 is 1.45 bits per heavy atom. The lowest BCUT2D eigenvalue weighted by Gasteiger charge is -2.26. The number of urea groups is 1. The van der Waals surface area contributed by atoms with Crippen molar-refractivity contribution in [3.05, 3.63) is 30.6 Å². The van der Waals surface area contributed by atoms with E-state index in [0.29, 0.717) is 18.7 Å². The maximum Gasteiger partial charge on any atom is 0.328 e. The van der Waals surface area contributed by atoms with Crippen LogP contribution in [0.5, 0.6) is 0 Å². The summed E-state index contributed by atoms with van der Waals surface area (Å²) in [6.07, 6.45) is 4.87. The Morgan fingerprint density at radius 2 is 2.23 bits per heavy atom. The van der Waals surface area contributed by atoms with E-state index < -0.39 is 6.03 Å². The van der Waals surface area contributed by atoms with Crippen molar-refractivity contribution in [2.75, 3.05) is 11.4 Å². The maximum absolute atomic E-state index is 12.0. The van der Waals surface area contributed by atoms with Gasteiger partial charge in [-0.2, -0.15) is 0 Å². The van der Waals surface area contributed by atoms with Crippen molar-refractivity contribution in [1.82, 2.24) is 14.9 Å². The first-order valence-corrected chi connectivity index (χ1v) is 7.28. The third-order valence-corrected chi connectivity index (χ3v) is 3.87. The first-order valence-electron chi connectivity index (χ1n) is 7.28. The summed E-state index contributed by atoms with van der Waals surface area (Å²) in [5, 5.41) is 3.34. The topological polar surface area (TPSA) is 67.2 Å². The zero-order valence-corrected chi connectivity index (χ0v) is 12.7. The molecule has 2 aromatic heterocycles. The highest BCUT2D eigenvalue weighted by Gasteiger charge is 2.25. The predicted molar refractivity (Wildman–Crippen MR) is 85.6 cm³/mol. The van der Waals surface area contributed by atoms with Crippen LogP contribution in [0.3, 0.4) is 0 Å². The molecule has 0 bridgehead atoms. The fraction of sp³-hybridized carbons (Fsp3) is 0.312. The van der Waals surface area contributed by atoms with Crippen LogP contribution in [0.1, 0.15) is 25.8 Å². The molecule has 3 amide bonds. The number of nitrogens with one attached hydrogen (secondary N) is 1. The van der Waals surface area contributed by atoms with Crippen molar-refractivity contribution >= 4 is 34.4 Å². The van der Waals surface area contributed by atoms with Gasteiger partial charge in [0, 0.05) is 30.2 Å². The van der Waals surface area contributed by atoms with Gasteiger partial charge in [-0.25, -0.2) is 9.78 Å². The number of hydrogen-bond acceptors (Lipinski definition) is 3. The number of allylic oxidation sites excluding steroid dienone is 1. The Morgan fingerprint density at radius 3 is 2.86 bits per heavy atom. The van der Waals surface area contributed by atoms with E-state index in [1.165, 1.54) is 0 Å². The molecule has 0 aromatic carbocycles. The van der Waals surface area contributed by atoms with E-state index in [-0.39, 0.29) is 5.91 Å². The smallest absolute Gasteiger partial charge is 0.306 e. The summed E-state index contributed by atoms with van der Waals surface area (Å²) in [4.78, 5) is 29.3. The molecule has 22 heavy (non-hydrogen) atoms. The third-order valence-electron chi connectivity index (χ3n) is 3.87. The van der Waals surface area contributed by atoms with Crippen LogP contribution in [0, 0.1) is 0 Å². The molecule has 6 nitrogen and oxygen atoms in total. The van der Waals surface area contributed by atoms with E-state index in [1.54, 1.807) is 11.1 Å². The summed E-state index contributed by atoms with van der Waals surface area (Å²) >= 11 is 0. The Bertz CT molecular complexity index is 791. The van der Waals surface area contributed by atoms with E-state index in [4.69, 9.17) is 0 Å². The molecule has 1 aliphatic rings. The van der Waals surface area contributed by atoms with Gasteiger partial charge in [0.2, 0.25) is 5.91 Å². The molecular weight excluding hydrogens is 280 g/mol. The van der Waals surface area contributed by atoms with Gasteiger partial charge in [-0.05, 0) is 25.0 Å². The molecule has 1 N–H and O–H groups in total. The molecule has 1 saturated heterocycles. The van der Waals surface area contributed by atoms with Crippen LogP contribution < -0.4 is 10.2 Å². The lowest BCUT2D eigenvalue weighted by Crippen LogP contribution is -2.49. The second-order valence-corrected chi connectivity index (χ2v) is 5.43. The highest BCUT2D eigenvalue weighted by molar-refractivity contribution is 6.06. The summed E-state index contributed by atoms with van der Waals surface area (Å²) < 4.78 is 1.96. The van der Waals surface area contributed by atoms with Crippen molar-refractivity contribution in [2.45, 2.75) is 26.7 Å². The summed E-state index contributed by atoms with van der Waals surface area (Å²) in [5.41, 5.74) is 3.58. The SMILES string of the molecule is C=C(C)n1cc(CC)c2cc(N3CCC(=O)NC3=O)cnc21. The van der Waals surface area contributed by atoms with Crippen LogP contribution in [0.4, 0.5) is 10.5 Å². The second kappa shape index (κ2) is 5.29. The molecule has 0 radical (unpaired) electrons. The van der Waals surface area contributed by atoms with E-state index in [0.717, 1.165) is 28.7 Å². The van der Waals surface area contributed by atoms with E-state index in [9.17, 15) is 9.59 Å². The lowest BCUT2D eigenvalue weighted by molar-refractivity contribution is -0.120. The molecule has 1 aliphatic heterocycles. The minimum atomic E-state index is -0.394. The standard InChI is InChI=1S/C16H18N4O2/c1-4-11-9-20(10(2)3)15-13(11)7-12(8-17-15)19-6-5-14(21)18-16(19)22/h7-9H,2,4-6H2,1,3H3,(H,18,21,22). The van der Waals surface area contributed by atoms with Crippen molar-refractivity contribution in [1.29, 1.82) is 0 Å².